The van der Waals surface area contributed by atoms with Gasteiger partial charge >= 0.3 is 6.18 Å². The Hall–Kier alpha value is -1.22. The van der Waals surface area contributed by atoms with Crippen LogP contribution < -0.4 is 11.0 Å². The molecule has 0 saturated heterocycles. The summed E-state index contributed by atoms with van der Waals surface area (Å²) in [6.45, 7) is 0. The normalized spacial score (nSPS) is 12.3. The lowest BCUT2D eigenvalue weighted by atomic mass is 10.2. The summed E-state index contributed by atoms with van der Waals surface area (Å²) in [6, 6.07) is 4.08. The minimum atomic E-state index is -4.48. The van der Waals surface area contributed by atoms with Gasteiger partial charge in [-0.2, -0.15) is 13.2 Å². The topological polar surface area (TPSA) is 39.2 Å². The van der Waals surface area contributed by atoms with Crippen molar-refractivity contribution in [1.29, 1.82) is 0 Å². The highest BCUT2D eigenvalue weighted by Crippen LogP contribution is 2.35. The molecule has 2 rings (SSSR count). The predicted molar refractivity (Wildman–Crippen MR) is 55.0 cm³/mol. The Kier molecular flexibility index (Phi) is 2.15. The van der Waals surface area contributed by atoms with E-state index in [1.165, 1.54) is 6.07 Å². The molecular weight excluding hydrogens is 226 g/mol. The SMILES string of the molecule is Nc1ccc(P)c2cc(C(F)(F)F)oc12. The summed E-state index contributed by atoms with van der Waals surface area (Å²) in [5.74, 6) is -1.03. The lowest BCUT2D eigenvalue weighted by molar-refractivity contribution is -0.152. The molecule has 0 fully saturated rings. The van der Waals surface area contributed by atoms with Crippen molar-refractivity contribution < 1.29 is 17.6 Å². The average Bonchev–Trinajstić information content (AvgIpc) is 2.56. The molecule has 2 N–H and O–H groups in total. The van der Waals surface area contributed by atoms with Gasteiger partial charge in [0.15, 0.2) is 5.58 Å². The van der Waals surface area contributed by atoms with Gasteiger partial charge in [0, 0.05) is 5.39 Å². The highest BCUT2D eigenvalue weighted by molar-refractivity contribution is 7.28. The Morgan fingerprint density at radius 3 is 2.47 bits per heavy atom. The van der Waals surface area contributed by atoms with Gasteiger partial charge in [-0.3, -0.25) is 0 Å². The predicted octanol–water partition coefficient (Wildman–Crippen LogP) is 2.53. The molecule has 2 nitrogen and oxygen atoms in total. The van der Waals surface area contributed by atoms with Crippen molar-refractivity contribution in [2.24, 2.45) is 0 Å². The number of furan rings is 1. The molecule has 0 amide bonds. The van der Waals surface area contributed by atoms with E-state index in [-0.39, 0.29) is 11.3 Å². The molecule has 6 heteroatoms. The molecule has 0 aliphatic carbocycles. The first kappa shape index (κ1) is 10.3. The maximum Gasteiger partial charge on any atom is 0.449 e. The van der Waals surface area contributed by atoms with Crippen LogP contribution in [0.4, 0.5) is 18.9 Å². The molecule has 0 bridgehead atoms. The second-order valence-electron chi connectivity index (χ2n) is 3.10. The summed E-state index contributed by atoms with van der Waals surface area (Å²) in [4.78, 5) is 0. The molecule has 0 saturated carbocycles. The maximum atomic E-state index is 12.3. The zero-order chi connectivity index (χ0) is 11.2. The van der Waals surface area contributed by atoms with Crippen LogP contribution in [0.5, 0.6) is 0 Å². The van der Waals surface area contributed by atoms with Gasteiger partial charge in [0.05, 0.1) is 5.69 Å². The smallest absolute Gasteiger partial charge is 0.449 e. The molecule has 15 heavy (non-hydrogen) atoms. The Morgan fingerprint density at radius 1 is 1.27 bits per heavy atom. The van der Waals surface area contributed by atoms with Crippen LogP contribution in [0.2, 0.25) is 0 Å². The number of nitrogens with two attached hydrogens (primary N) is 1. The molecule has 1 aromatic heterocycles. The monoisotopic (exact) mass is 233 g/mol. The summed E-state index contributed by atoms with van der Waals surface area (Å²) in [7, 11) is 2.34. The van der Waals surface area contributed by atoms with Gasteiger partial charge in [-0.25, -0.2) is 0 Å². The van der Waals surface area contributed by atoms with E-state index in [9.17, 15) is 13.2 Å². The molecule has 1 aromatic carbocycles. The van der Waals surface area contributed by atoms with Crippen LogP contribution >= 0.6 is 9.24 Å². The van der Waals surface area contributed by atoms with Crippen LogP contribution in [0.3, 0.4) is 0 Å². The Morgan fingerprint density at radius 2 is 1.93 bits per heavy atom. The summed E-state index contributed by atoms with van der Waals surface area (Å²) >= 11 is 0. The van der Waals surface area contributed by atoms with Crippen molar-refractivity contribution in [3.63, 3.8) is 0 Å². The van der Waals surface area contributed by atoms with Crippen LogP contribution in [0.1, 0.15) is 5.76 Å². The first-order valence-electron chi connectivity index (χ1n) is 4.04. The van der Waals surface area contributed by atoms with Crippen LogP contribution in [-0.2, 0) is 6.18 Å². The van der Waals surface area contributed by atoms with E-state index in [0.29, 0.717) is 10.7 Å². The quantitative estimate of drug-likeness (QED) is 0.561. The number of halogens is 3. The fourth-order valence-corrected chi connectivity index (χ4v) is 1.62. The average molecular weight is 233 g/mol. The minimum absolute atomic E-state index is 0.0785. The van der Waals surface area contributed by atoms with Gasteiger partial charge in [-0.15, -0.1) is 9.24 Å². The lowest BCUT2D eigenvalue weighted by Crippen LogP contribution is -2.02. The van der Waals surface area contributed by atoms with Crippen LogP contribution in [-0.4, -0.2) is 0 Å². The van der Waals surface area contributed by atoms with Gasteiger partial charge in [0.25, 0.3) is 0 Å². The van der Waals surface area contributed by atoms with Gasteiger partial charge < -0.3 is 10.2 Å². The zero-order valence-electron chi connectivity index (χ0n) is 7.43. The van der Waals surface area contributed by atoms with E-state index in [2.05, 4.69) is 13.7 Å². The van der Waals surface area contributed by atoms with Crippen LogP contribution in [0, 0.1) is 0 Å². The summed E-state index contributed by atoms with van der Waals surface area (Å²) < 4.78 is 41.7. The number of hydrogen-bond donors (Lipinski definition) is 1. The van der Waals surface area contributed by atoms with Crippen LogP contribution in [0.15, 0.2) is 22.6 Å². The number of fused-ring (bicyclic) bond motifs is 1. The molecule has 0 aliphatic rings. The molecule has 0 aliphatic heterocycles. The van der Waals surface area contributed by atoms with Crippen molar-refractivity contribution in [3.05, 3.63) is 24.0 Å². The lowest BCUT2D eigenvalue weighted by Gasteiger charge is -1.99. The number of benzene rings is 1. The Bertz CT molecular complexity index is 479. The van der Waals surface area contributed by atoms with Gasteiger partial charge in [0.2, 0.25) is 5.76 Å². The highest BCUT2D eigenvalue weighted by Gasteiger charge is 2.35. The van der Waals surface area contributed by atoms with E-state index in [4.69, 9.17) is 5.73 Å². The molecule has 0 spiro atoms. The largest absolute Gasteiger partial charge is 0.449 e. The van der Waals surface area contributed by atoms with Crippen molar-refractivity contribution in [1.82, 2.24) is 0 Å². The van der Waals surface area contributed by atoms with Crippen molar-refractivity contribution in [3.8, 4) is 0 Å². The molecule has 1 unspecified atom stereocenters. The third-order valence-corrected chi connectivity index (χ3v) is 2.53. The molecule has 2 aromatic rings. The van der Waals surface area contributed by atoms with Gasteiger partial charge in [-0.05, 0) is 17.4 Å². The molecule has 80 valence electrons. The Labute approximate surface area is 85.4 Å². The molecule has 1 atom stereocenters. The number of nitrogen functional groups attached to an aromatic ring is 1. The molecule has 0 radical (unpaired) electrons. The minimum Gasteiger partial charge on any atom is -0.449 e. The fraction of sp³-hybridized carbons (Fsp3) is 0.111. The number of alkyl halides is 3. The van der Waals surface area contributed by atoms with E-state index in [1.807, 2.05) is 0 Å². The van der Waals surface area contributed by atoms with Crippen molar-refractivity contribution in [2.75, 3.05) is 5.73 Å². The summed E-state index contributed by atoms with van der Waals surface area (Å²) in [6.07, 6.45) is -4.48. The van der Waals surface area contributed by atoms with Gasteiger partial charge in [-0.1, -0.05) is 6.07 Å². The number of hydrogen-bond acceptors (Lipinski definition) is 2. The highest BCUT2D eigenvalue weighted by atomic mass is 31.0. The van der Waals surface area contributed by atoms with Crippen molar-refractivity contribution in [2.45, 2.75) is 6.18 Å². The molecular formula is C9H7F3NOP. The third kappa shape index (κ3) is 1.67. The fourth-order valence-electron chi connectivity index (χ4n) is 1.30. The van der Waals surface area contributed by atoms with Gasteiger partial charge in [0.1, 0.15) is 0 Å². The summed E-state index contributed by atoms with van der Waals surface area (Å²) in [5, 5.41) is 0.991. The van der Waals surface area contributed by atoms with Crippen LogP contribution in [0.25, 0.3) is 11.0 Å². The van der Waals surface area contributed by atoms with E-state index < -0.39 is 11.9 Å². The maximum absolute atomic E-state index is 12.3. The first-order valence-corrected chi connectivity index (χ1v) is 4.62. The molecule has 1 heterocycles. The van der Waals surface area contributed by atoms with Crippen molar-refractivity contribution >= 4 is 31.2 Å². The third-order valence-electron chi connectivity index (χ3n) is 2.03. The number of anilines is 1. The van der Waals surface area contributed by atoms with E-state index >= 15 is 0 Å². The zero-order valence-corrected chi connectivity index (χ0v) is 8.58. The first-order chi connectivity index (χ1) is 6.89. The van der Waals surface area contributed by atoms with E-state index in [1.54, 1.807) is 6.07 Å². The number of rotatable bonds is 0. The second-order valence-corrected chi connectivity index (χ2v) is 3.72. The van der Waals surface area contributed by atoms with E-state index in [0.717, 1.165) is 6.07 Å². The second kappa shape index (κ2) is 3.14. The summed E-state index contributed by atoms with van der Waals surface area (Å²) in [5.41, 5.74) is 5.79. The Balaban J connectivity index is 2.76. The standard InChI is InChI=1S/C9H7F3NOP/c10-9(11,12)7-3-4-6(15)2-1-5(13)8(4)14-7/h1-3H,13,15H2.